The SMILES string of the molecule is CC(C)(CCNCc1cn(-c2ccccc2)nc1-c1ccc(Cl)cc1)C(=O)O. The first kappa shape index (κ1) is 20.1. The van der Waals surface area contributed by atoms with Crippen LogP contribution < -0.4 is 5.32 Å². The van der Waals surface area contributed by atoms with E-state index in [1.165, 1.54) is 0 Å². The van der Waals surface area contributed by atoms with E-state index in [4.69, 9.17) is 16.7 Å². The van der Waals surface area contributed by atoms with Gasteiger partial charge in [0, 0.05) is 28.9 Å². The topological polar surface area (TPSA) is 67.2 Å². The van der Waals surface area contributed by atoms with Gasteiger partial charge in [-0.15, -0.1) is 0 Å². The van der Waals surface area contributed by atoms with Gasteiger partial charge in [0.25, 0.3) is 0 Å². The molecule has 3 rings (SSSR count). The van der Waals surface area contributed by atoms with E-state index < -0.39 is 11.4 Å². The Morgan fingerprint density at radius 2 is 1.82 bits per heavy atom. The molecule has 0 saturated carbocycles. The highest BCUT2D eigenvalue weighted by molar-refractivity contribution is 6.30. The fourth-order valence-corrected chi connectivity index (χ4v) is 2.96. The minimum absolute atomic E-state index is 0.547. The quantitative estimate of drug-likeness (QED) is 0.536. The zero-order valence-electron chi connectivity index (χ0n) is 16.0. The van der Waals surface area contributed by atoms with Crippen LogP contribution in [0.4, 0.5) is 0 Å². The summed E-state index contributed by atoms with van der Waals surface area (Å²) in [6.07, 6.45) is 2.56. The lowest BCUT2D eigenvalue weighted by atomic mass is 9.90. The minimum atomic E-state index is -0.784. The summed E-state index contributed by atoms with van der Waals surface area (Å²) in [7, 11) is 0. The second-order valence-corrected chi connectivity index (χ2v) is 7.84. The van der Waals surface area contributed by atoms with Crippen molar-refractivity contribution in [3.05, 3.63) is 71.4 Å². The van der Waals surface area contributed by atoms with Crippen LogP contribution in [0.1, 0.15) is 25.8 Å². The Hall–Kier alpha value is -2.63. The Balaban J connectivity index is 1.81. The lowest BCUT2D eigenvalue weighted by molar-refractivity contribution is -0.147. The predicted octanol–water partition coefficient (Wildman–Crippen LogP) is 4.78. The summed E-state index contributed by atoms with van der Waals surface area (Å²) >= 11 is 6.02. The fourth-order valence-electron chi connectivity index (χ4n) is 2.83. The Bertz CT molecular complexity index is 934. The maximum Gasteiger partial charge on any atom is 0.309 e. The largest absolute Gasteiger partial charge is 0.481 e. The van der Waals surface area contributed by atoms with Crippen molar-refractivity contribution in [1.29, 1.82) is 0 Å². The number of carboxylic acids is 1. The lowest BCUT2D eigenvalue weighted by Crippen LogP contribution is -2.28. The average molecular weight is 398 g/mol. The van der Waals surface area contributed by atoms with Gasteiger partial charge >= 0.3 is 5.97 Å². The van der Waals surface area contributed by atoms with Gasteiger partial charge in [-0.25, -0.2) is 4.68 Å². The summed E-state index contributed by atoms with van der Waals surface area (Å²) in [4.78, 5) is 11.3. The molecule has 0 aliphatic heterocycles. The Morgan fingerprint density at radius 3 is 2.46 bits per heavy atom. The molecule has 5 nitrogen and oxygen atoms in total. The average Bonchev–Trinajstić information content (AvgIpc) is 3.10. The smallest absolute Gasteiger partial charge is 0.309 e. The van der Waals surface area contributed by atoms with Gasteiger partial charge in [-0.05, 0) is 51.1 Å². The summed E-state index contributed by atoms with van der Waals surface area (Å²) in [5.74, 6) is -0.784. The van der Waals surface area contributed by atoms with E-state index in [-0.39, 0.29) is 0 Å². The molecule has 6 heteroatoms. The van der Waals surface area contributed by atoms with Crippen LogP contribution in [0.15, 0.2) is 60.8 Å². The number of aliphatic carboxylic acids is 1. The van der Waals surface area contributed by atoms with Crippen LogP contribution >= 0.6 is 11.6 Å². The van der Waals surface area contributed by atoms with Crippen LogP contribution in [0.3, 0.4) is 0 Å². The number of nitrogens with zero attached hydrogens (tertiary/aromatic N) is 2. The molecule has 0 fully saturated rings. The standard InChI is InChI=1S/C22H24ClN3O2/c1-22(2,21(27)28)12-13-24-14-17-15-26(19-6-4-3-5-7-19)25-20(17)16-8-10-18(23)11-9-16/h3-11,15,24H,12-14H2,1-2H3,(H,27,28). The third-order valence-corrected chi connectivity index (χ3v) is 5.00. The highest BCUT2D eigenvalue weighted by atomic mass is 35.5. The van der Waals surface area contributed by atoms with Gasteiger partial charge in [0.1, 0.15) is 0 Å². The number of para-hydroxylation sites is 1. The van der Waals surface area contributed by atoms with Gasteiger partial charge in [0.2, 0.25) is 0 Å². The van der Waals surface area contributed by atoms with Crippen LogP contribution in [0.25, 0.3) is 16.9 Å². The number of carbonyl (C=O) groups is 1. The van der Waals surface area contributed by atoms with Crippen molar-refractivity contribution in [1.82, 2.24) is 15.1 Å². The van der Waals surface area contributed by atoms with Crippen molar-refractivity contribution in [2.45, 2.75) is 26.8 Å². The number of nitrogens with one attached hydrogen (secondary N) is 1. The molecule has 0 unspecified atom stereocenters. The monoisotopic (exact) mass is 397 g/mol. The van der Waals surface area contributed by atoms with Gasteiger partial charge < -0.3 is 10.4 Å². The van der Waals surface area contributed by atoms with Crippen molar-refractivity contribution >= 4 is 17.6 Å². The molecule has 2 aromatic carbocycles. The Morgan fingerprint density at radius 1 is 1.14 bits per heavy atom. The maximum absolute atomic E-state index is 11.3. The molecule has 1 heterocycles. The second kappa shape index (κ2) is 8.59. The fraction of sp³-hybridized carbons (Fsp3) is 0.273. The summed E-state index contributed by atoms with van der Waals surface area (Å²) in [6.45, 7) is 4.68. The van der Waals surface area contributed by atoms with Crippen LogP contribution in [-0.4, -0.2) is 27.4 Å². The number of hydrogen-bond donors (Lipinski definition) is 2. The number of rotatable bonds is 8. The first-order valence-corrected chi connectivity index (χ1v) is 9.59. The molecule has 0 saturated heterocycles. The molecule has 0 spiro atoms. The normalized spacial score (nSPS) is 11.5. The summed E-state index contributed by atoms with van der Waals surface area (Å²) in [5, 5.41) is 18.1. The van der Waals surface area contributed by atoms with Crippen LogP contribution in [0, 0.1) is 5.41 Å². The molecule has 0 atom stereocenters. The van der Waals surface area contributed by atoms with Crippen molar-refractivity contribution in [3.8, 4) is 16.9 Å². The highest BCUT2D eigenvalue weighted by Gasteiger charge is 2.26. The number of aromatic nitrogens is 2. The van der Waals surface area contributed by atoms with Crippen molar-refractivity contribution < 1.29 is 9.90 Å². The zero-order chi connectivity index (χ0) is 20.1. The number of hydrogen-bond acceptors (Lipinski definition) is 3. The summed E-state index contributed by atoms with van der Waals surface area (Å²) in [5.41, 5.74) is 3.14. The molecular weight excluding hydrogens is 374 g/mol. The third-order valence-electron chi connectivity index (χ3n) is 4.75. The van der Waals surface area contributed by atoms with E-state index in [9.17, 15) is 9.90 Å². The van der Waals surface area contributed by atoms with Crippen molar-refractivity contribution in [3.63, 3.8) is 0 Å². The van der Waals surface area contributed by atoms with Gasteiger partial charge in [-0.1, -0.05) is 41.9 Å². The molecule has 0 amide bonds. The van der Waals surface area contributed by atoms with E-state index in [1.54, 1.807) is 13.8 Å². The van der Waals surface area contributed by atoms with Crippen LogP contribution in [0.5, 0.6) is 0 Å². The molecule has 0 bridgehead atoms. The molecule has 28 heavy (non-hydrogen) atoms. The first-order valence-electron chi connectivity index (χ1n) is 9.21. The Labute approximate surface area is 170 Å². The number of benzene rings is 2. The summed E-state index contributed by atoms with van der Waals surface area (Å²) < 4.78 is 1.86. The van der Waals surface area contributed by atoms with Crippen LogP contribution in [-0.2, 0) is 11.3 Å². The van der Waals surface area contributed by atoms with E-state index >= 15 is 0 Å². The molecule has 1 aromatic heterocycles. The maximum atomic E-state index is 11.3. The minimum Gasteiger partial charge on any atom is -0.481 e. The van der Waals surface area contributed by atoms with Crippen molar-refractivity contribution in [2.24, 2.45) is 5.41 Å². The molecule has 0 aliphatic carbocycles. The van der Waals surface area contributed by atoms with E-state index in [1.807, 2.05) is 65.5 Å². The van der Waals surface area contributed by atoms with Gasteiger partial charge in [-0.3, -0.25) is 4.79 Å². The molecule has 3 aromatic rings. The summed E-state index contributed by atoms with van der Waals surface area (Å²) in [6, 6.07) is 17.6. The molecule has 0 radical (unpaired) electrons. The van der Waals surface area contributed by atoms with E-state index in [2.05, 4.69) is 5.32 Å². The Kier molecular flexibility index (Phi) is 6.17. The predicted molar refractivity (Wildman–Crippen MR) is 112 cm³/mol. The van der Waals surface area contributed by atoms with E-state index in [0.29, 0.717) is 24.5 Å². The third kappa shape index (κ3) is 4.80. The molecule has 2 N–H and O–H groups in total. The van der Waals surface area contributed by atoms with Crippen LogP contribution in [0.2, 0.25) is 5.02 Å². The van der Waals surface area contributed by atoms with Gasteiger partial charge in [-0.2, -0.15) is 5.10 Å². The molecule has 146 valence electrons. The number of carboxylic acid groups (broad SMARTS) is 1. The zero-order valence-corrected chi connectivity index (χ0v) is 16.8. The van der Waals surface area contributed by atoms with Gasteiger partial charge in [0.15, 0.2) is 0 Å². The first-order chi connectivity index (χ1) is 13.4. The molecular formula is C22H24ClN3O2. The number of halogens is 1. The van der Waals surface area contributed by atoms with Crippen molar-refractivity contribution in [2.75, 3.05) is 6.54 Å². The second-order valence-electron chi connectivity index (χ2n) is 7.41. The lowest BCUT2D eigenvalue weighted by Gasteiger charge is -2.18. The van der Waals surface area contributed by atoms with Gasteiger partial charge in [0.05, 0.1) is 16.8 Å². The molecule has 0 aliphatic rings. The van der Waals surface area contributed by atoms with E-state index in [0.717, 1.165) is 22.5 Å². The highest BCUT2D eigenvalue weighted by Crippen LogP contribution is 2.25.